The van der Waals surface area contributed by atoms with E-state index < -0.39 is 0 Å². The van der Waals surface area contributed by atoms with Crippen LogP contribution in [-0.4, -0.2) is 25.3 Å². The fourth-order valence-corrected chi connectivity index (χ4v) is 0.904. The maximum absolute atomic E-state index is 4.36. The predicted molar refractivity (Wildman–Crippen MR) is 60.5 cm³/mol. The van der Waals surface area contributed by atoms with Crippen molar-refractivity contribution in [2.45, 2.75) is 40.7 Å². The molecule has 0 aliphatic heterocycles. The van der Waals surface area contributed by atoms with Crippen LogP contribution in [0.1, 0.15) is 34.6 Å². The minimum atomic E-state index is 0.404. The monoisotopic (exact) mass is 184 g/mol. The summed E-state index contributed by atoms with van der Waals surface area (Å²) in [6.45, 7) is 12.9. The first-order valence-electron chi connectivity index (χ1n) is 5.25. The molecule has 0 heterocycles. The van der Waals surface area contributed by atoms with E-state index in [-0.39, 0.29) is 0 Å². The van der Waals surface area contributed by atoms with Crippen LogP contribution in [0.2, 0.25) is 0 Å². The van der Waals surface area contributed by atoms with Gasteiger partial charge in [0.25, 0.3) is 0 Å². The van der Waals surface area contributed by atoms with Gasteiger partial charge in [-0.05, 0) is 25.3 Å². The van der Waals surface area contributed by atoms with Gasteiger partial charge in [-0.25, -0.2) is 0 Å². The Hall–Kier alpha value is -0.370. The Morgan fingerprint density at radius 1 is 1.08 bits per heavy atom. The molecule has 1 atom stereocenters. The lowest BCUT2D eigenvalue weighted by Crippen LogP contribution is -2.30. The van der Waals surface area contributed by atoms with Gasteiger partial charge < -0.3 is 5.32 Å². The van der Waals surface area contributed by atoms with Gasteiger partial charge >= 0.3 is 0 Å². The zero-order valence-electron chi connectivity index (χ0n) is 9.67. The van der Waals surface area contributed by atoms with Crippen molar-refractivity contribution in [1.29, 1.82) is 0 Å². The molecule has 0 aromatic rings. The fraction of sp³-hybridized carbons (Fsp3) is 0.909. The van der Waals surface area contributed by atoms with E-state index in [0.29, 0.717) is 17.9 Å². The first-order chi connectivity index (χ1) is 6.02. The molecule has 1 N–H and O–H groups in total. The summed E-state index contributed by atoms with van der Waals surface area (Å²) in [5.41, 5.74) is 0. The summed E-state index contributed by atoms with van der Waals surface area (Å²) in [6, 6.07) is 0.404. The molecule has 0 rings (SSSR count). The van der Waals surface area contributed by atoms with Crippen molar-refractivity contribution in [3.8, 4) is 0 Å². The van der Waals surface area contributed by atoms with Crippen molar-refractivity contribution in [3.63, 3.8) is 0 Å². The summed E-state index contributed by atoms with van der Waals surface area (Å²) in [4.78, 5) is 4.36. The summed E-state index contributed by atoms with van der Waals surface area (Å²) >= 11 is 0. The molecule has 0 saturated heterocycles. The van der Waals surface area contributed by atoms with Gasteiger partial charge in [0.2, 0.25) is 0 Å². The van der Waals surface area contributed by atoms with Crippen molar-refractivity contribution in [2.75, 3.05) is 13.1 Å². The molecule has 13 heavy (non-hydrogen) atoms. The molecule has 2 nitrogen and oxygen atoms in total. The first kappa shape index (κ1) is 12.6. The number of nitrogens with one attached hydrogen (secondary N) is 1. The van der Waals surface area contributed by atoms with Gasteiger partial charge in [-0.2, -0.15) is 0 Å². The molecular formula is C11H24N2. The lowest BCUT2D eigenvalue weighted by atomic mass is 10.2. The average Bonchev–Trinajstić information content (AvgIpc) is 2.00. The highest BCUT2D eigenvalue weighted by molar-refractivity contribution is 5.63. The topological polar surface area (TPSA) is 24.4 Å². The van der Waals surface area contributed by atoms with Gasteiger partial charge in [-0.1, -0.05) is 27.7 Å². The first-order valence-corrected chi connectivity index (χ1v) is 5.25. The molecular weight excluding hydrogens is 160 g/mol. The van der Waals surface area contributed by atoms with E-state index in [0.717, 1.165) is 13.1 Å². The van der Waals surface area contributed by atoms with E-state index in [1.165, 1.54) is 0 Å². The lowest BCUT2D eigenvalue weighted by Gasteiger charge is -2.11. The van der Waals surface area contributed by atoms with E-state index >= 15 is 0 Å². The highest BCUT2D eigenvalue weighted by Crippen LogP contribution is 1.92. The van der Waals surface area contributed by atoms with Crippen LogP contribution in [0.15, 0.2) is 4.99 Å². The minimum absolute atomic E-state index is 0.404. The van der Waals surface area contributed by atoms with Crippen molar-refractivity contribution in [1.82, 2.24) is 5.32 Å². The zero-order chi connectivity index (χ0) is 10.3. The molecule has 0 aromatic heterocycles. The van der Waals surface area contributed by atoms with Gasteiger partial charge in [0, 0.05) is 18.8 Å². The van der Waals surface area contributed by atoms with E-state index in [4.69, 9.17) is 0 Å². The van der Waals surface area contributed by atoms with Crippen LogP contribution in [0.5, 0.6) is 0 Å². The molecule has 78 valence electrons. The second-order valence-corrected chi connectivity index (χ2v) is 4.50. The van der Waals surface area contributed by atoms with Crippen LogP contribution in [0.4, 0.5) is 0 Å². The molecule has 0 spiro atoms. The number of aliphatic imine (C=N–C) groups is 1. The molecule has 0 radical (unpaired) electrons. The Bertz CT molecular complexity index is 139. The summed E-state index contributed by atoms with van der Waals surface area (Å²) < 4.78 is 0. The standard InChI is InChI=1S/C11H24N2/c1-9(2)6-12-8-11(5)13-7-10(3)4/h8-11,13H,6-7H2,1-5H3. The van der Waals surface area contributed by atoms with Crippen molar-refractivity contribution < 1.29 is 0 Å². The van der Waals surface area contributed by atoms with Crippen molar-refractivity contribution in [3.05, 3.63) is 0 Å². The Balaban J connectivity index is 3.49. The van der Waals surface area contributed by atoms with Crippen LogP contribution >= 0.6 is 0 Å². The molecule has 0 saturated carbocycles. The Labute approximate surface area is 82.8 Å². The predicted octanol–water partition coefficient (Wildman–Crippen LogP) is 2.35. The van der Waals surface area contributed by atoms with Gasteiger partial charge in [0.05, 0.1) is 0 Å². The quantitative estimate of drug-likeness (QED) is 0.630. The zero-order valence-corrected chi connectivity index (χ0v) is 9.67. The van der Waals surface area contributed by atoms with Crippen molar-refractivity contribution in [2.24, 2.45) is 16.8 Å². The van der Waals surface area contributed by atoms with Crippen LogP contribution in [0.3, 0.4) is 0 Å². The van der Waals surface area contributed by atoms with E-state index in [2.05, 4.69) is 44.9 Å². The van der Waals surface area contributed by atoms with Crippen LogP contribution in [-0.2, 0) is 0 Å². The average molecular weight is 184 g/mol. The number of nitrogens with zero attached hydrogens (tertiary/aromatic N) is 1. The molecule has 0 aliphatic carbocycles. The number of rotatable bonds is 6. The number of hydrogen-bond donors (Lipinski definition) is 1. The fourth-order valence-electron chi connectivity index (χ4n) is 0.904. The number of hydrogen-bond acceptors (Lipinski definition) is 2. The van der Waals surface area contributed by atoms with Gasteiger partial charge in [-0.15, -0.1) is 0 Å². The van der Waals surface area contributed by atoms with Crippen LogP contribution < -0.4 is 5.32 Å². The highest BCUT2D eigenvalue weighted by atomic mass is 14.9. The van der Waals surface area contributed by atoms with E-state index in [1.54, 1.807) is 0 Å². The van der Waals surface area contributed by atoms with Crippen LogP contribution in [0, 0.1) is 11.8 Å². The van der Waals surface area contributed by atoms with Gasteiger partial charge in [0.15, 0.2) is 0 Å². The Morgan fingerprint density at radius 2 is 1.69 bits per heavy atom. The summed E-state index contributed by atoms with van der Waals surface area (Å²) in [5.74, 6) is 1.37. The third kappa shape index (κ3) is 9.54. The third-order valence-electron chi connectivity index (χ3n) is 1.65. The summed E-state index contributed by atoms with van der Waals surface area (Å²) in [7, 11) is 0. The second-order valence-electron chi connectivity index (χ2n) is 4.50. The SMILES string of the molecule is CC(C)CN=CC(C)NCC(C)C. The molecule has 0 aliphatic rings. The van der Waals surface area contributed by atoms with E-state index in [1.807, 2.05) is 6.21 Å². The molecule has 0 amide bonds. The second kappa shape index (κ2) is 7.07. The Kier molecular flexibility index (Phi) is 6.87. The third-order valence-corrected chi connectivity index (χ3v) is 1.65. The normalized spacial score (nSPS) is 14.7. The van der Waals surface area contributed by atoms with Gasteiger partial charge in [0.1, 0.15) is 0 Å². The van der Waals surface area contributed by atoms with Gasteiger partial charge in [-0.3, -0.25) is 4.99 Å². The summed E-state index contributed by atoms with van der Waals surface area (Å²) in [6.07, 6.45) is 2.02. The minimum Gasteiger partial charge on any atom is -0.309 e. The molecule has 2 heteroatoms. The van der Waals surface area contributed by atoms with Crippen LogP contribution in [0.25, 0.3) is 0 Å². The molecule has 0 fully saturated rings. The largest absolute Gasteiger partial charge is 0.309 e. The molecule has 0 aromatic carbocycles. The Morgan fingerprint density at radius 3 is 2.15 bits per heavy atom. The molecule has 0 bridgehead atoms. The highest BCUT2D eigenvalue weighted by Gasteiger charge is 1.98. The smallest absolute Gasteiger partial charge is 0.0409 e. The van der Waals surface area contributed by atoms with Crippen molar-refractivity contribution >= 4 is 6.21 Å². The molecule has 1 unspecified atom stereocenters. The lowest BCUT2D eigenvalue weighted by molar-refractivity contribution is 0.540. The maximum atomic E-state index is 4.36. The van der Waals surface area contributed by atoms with E-state index in [9.17, 15) is 0 Å². The maximum Gasteiger partial charge on any atom is 0.0409 e. The summed E-state index contributed by atoms with van der Waals surface area (Å²) in [5, 5.41) is 3.41.